The quantitative estimate of drug-likeness (QED) is 0.600. The monoisotopic (exact) mass is 434 g/mol. The first-order chi connectivity index (χ1) is 14.1. The van der Waals surface area contributed by atoms with Crippen LogP contribution in [-0.4, -0.2) is 83.9 Å². The van der Waals surface area contributed by atoms with Gasteiger partial charge in [0.15, 0.2) is 0 Å². The summed E-state index contributed by atoms with van der Waals surface area (Å²) in [5.41, 5.74) is 4.06. The summed E-state index contributed by atoms with van der Waals surface area (Å²) in [6, 6.07) is 0. The lowest BCUT2D eigenvalue weighted by Crippen LogP contribution is -2.50. The molecular formula is C17H25F3N6O4. The second-order valence-electron chi connectivity index (χ2n) is 6.64. The van der Waals surface area contributed by atoms with E-state index in [0.29, 0.717) is 32.7 Å². The maximum absolute atomic E-state index is 12.6. The number of piperazine rings is 1. The lowest BCUT2D eigenvalue weighted by Gasteiger charge is -2.35. The Morgan fingerprint density at radius 3 is 2.33 bits per heavy atom. The van der Waals surface area contributed by atoms with Gasteiger partial charge >= 0.3 is 12.3 Å². The fourth-order valence-electron chi connectivity index (χ4n) is 2.82. The van der Waals surface area contributed by atoms with E-state index in [4.69, 9.17) is 15.3 Å². The van der Waals surface area contributed by atoms with Crippen molar-refractivity contribution in [3.63, 3.8) is 0 Å². The molecule has 0 spiro atoms. The van der Waals surface area contributed by atoms with Crippen molar-refractivity contribution in [2.75, 3.05) is 50.8 Å². The van der Waals surface area contributed by atoms with Crippen LogP contribution in [0.2, 0.25) is 0 Å². The van der Waals surface area contributed by atoms with Crippen LogP contribution in [-0.2, 0) is 20.5 Å². The second-order valence-corrected chi connectivity index (χ2v) is 6.64. The second kappa shape index (κ2) is 10.4. The number of carbonyl (C=O) groups excluding carboxylic acids is 2. The van der Waals surface area contributed by atoms with Gasteiger partial charge in [-0.1, -0.05) is 6.92 Å². The van der Waals surface area contributed by atoms with Crippen molar-refractivity contribution in [3.05, 3.63) is 18.0 Å². The number of carbonyl (C=O) groups is 2. The Morgan fingerprint density at radius 2 is 1.83 bits per heavy atom. The van der Waals surface area contributed by atoms with Crippen molar-refractivity contribution in [3.8, 4) is 0 Å². The zero-order valence-electron chi connectivity index (χ0n) is 16.8. The summed E-state index contributed by atoms with van der Waals surface area (Å²) in [7, 11) is 0. The minimum absolute atomic E-state index is 0.187. The molecular weight excluding hydrogens is 409 g/mol. The fraction of sp³-hybridized carbons (Fsp3) is 0.647. The summed E-state index contributed by atoms with van der Waals surface area (Å²) in [5.74, 6) is -0.0446. The topological polar surface area (TPSA) is 114 Å². The van der Waals surface area contributed by atoms with Gasteiger partial charge in [-0.25, -0.2) is 14.8 Å². The summed E-state index contributed by atoms with van der Waals surface area (Å²) in [6.07, 6.45) is -4.37. The van der Waals surface area contributed by atoms with E-state index in [0.717, 1.165) is 12.4 Å². The molecule has 1 aliphatic heterocycles. The predicted molar refractivity (Wildman–Crippen MR) is 99.2 cm³/mol. The highest BCUT2D eigenvalue weighted by Crippen LogP contribution is 2.28. The summed E-state index contributed by atoms with van der Waals surface area (Å²) in [4.78, 5) is 39.5. The number of halogens is 3. The molecule has 2 rings (SSSR count). The molecule has 10 nitrogen and oxygen atoms in total. The van der Waals surface area contributed by atoms with Crippen LogP contribution >= 0.6 is 0 Å². The molecule has 2 amide bonds. The number of nitrogens with two attached hydrogens (primary N) is 1. The summed E-state index contributed by atoms with van der Waals surface area (Å²) in [6.45, 7) is 5.51. The number of likely N-dealkylation sites (N-methyl/N-ethyl adjacent to an activating group) is 1. The molecule has 1 aromatic rings. The van der Waals surface area contributed by atoms with Gasteiger partial charge < -0.3 is 20.3 Å². The molecule has 0 aliphatic carbocycles. The maximum Gasteiger partial charge on any atom is 0.419 e. The van der Waals surface area contributed by atoms with Crippen LogP contribution in [0.15, 0.2) is 12.4 Å². The van der Waals surface area contributed by atoms with Crippen molar-refractivity contribution < 1.29 is 32.3 Å². The Labute approximate surface area is 171 Å². The Balaban J connectivity index is 1.78. The van der Waals surface area contributed by atoms with Gasteiger partial charge in [0.05, 0.1) is 12.1 Å². The van der Waals surface area contributed by atoms with Gasteiger partial charge in [-0.3, -0.25) is 9.63 Å². The van der Waals surface area contributed by atoms with Gasteiger partial charge in [-0.05, 0) is 6.92 Å². The van der Waals surface area contributed by atoms with Crippen LogP contribution in [0.25, 0.3) is 0 Å². The average Bonchev–Trinajstić information content (AvgIpc) is 2.70. The summed E-state index contributed by atoms with van der Waals surface area (Å²) in [5, 5.41) is 1.50. The Hall–Kier alpha value is -2.67. The first-order valence-electron chi connectivity index (χ1n) is 9.36. The molecule has 1 aliphatic rings. The zero-order valence-corrected chi connectivity index (χ0v) is 16.8. The molecule has 30 heavy (non-hydrogen) atoms. The van der Waals surface area contributed by atoms with E-state index in [9.17, 15) is 22.8 Å². The molecule has 1 fully saturated rings. The van der Waals surface area contributed by atoms with E-state index in [1.54, 1.807) is 16.7 Å². The Bertz CT molecular complexity index is 710. The first-order valence-corrected chi connectivity index (χ1v) is 9.36. The summed E-state index contributed by atoms with van der Waals surface area (Å²) < 4.78 is 42.6. The lowest BCUT2D eigenvalue weighted by atomic mass is 10.3. The molecule has 0 saturated carbocycles. The number of hydrogen-bond acceptors (Lipinski definition) is 8. The number of aromatic nitrogens is 2. The number of amides is 2. The van der Waals surface area contributed by atoms with E-state index < -0.39 is 23.9 Å². The SMILES string of the molecule is CCN(CC(C)OC(N)=O)OCC(=O)N1CCN(c2ncc(C(F)(F)F)cn2)CC1. The van der Waals surface area contributed by atoms with Crippen LogP contribution in [0.1, 0.15) is 19.4 Å². The lowest BCUT2D eigenvalue weighted by molar-refractivity contribution is -0.182. The largest absolute Gasteiger partial charge is 0.445 e. The van der Waals surface area contributed by atoms with E-state index >= 15 is 0 Å². The molecule has 1 atom stereocenters. The smallest absolute Gasteiger partial charge is 0.419 e. The molecule has 1 saturated heterocycles. The van der Waals surface area contributed by atoms with Crippen LogP contribution in [0.5, 0.6) is 0 Å². The number of rotatable bonds is 8. The van der Waals surface area contributed by atoms with Gasteiger partial charge in [0, 0.05) is 45.1 Å². The number of alkyl halides is 3. The molecule has 13 heteroatoms. The van der Waals surface area contributed by atoms with Crippen molar-refractivity contribution >= 4 is 17.9 Å². The van der Waals surface area contributed by atoms with E-state index in [1.807, 2.05) is 6.92 Å². The third-order valence-corrected chi connectivity index (χ3v) is 4.38. The van der Waals surface area contributed by atoms with Gasteiger partial charge in [0.1, 0.15) is 12.7 Å². The van der Waals surface area contributed by atoms with Crippen molar-refractivity contribution in [2.24, 2.45) is 5.73 Å². The standard InChI is InChI=1S/C17H25F3N6O4/c1-3-26(10-12(2)30-15(21)28)29-11-14(27)24-4-6-25(7-5-24)16-22-8-13(9-23-16)17(18,19)20/h8-9,12H,3-7,10-11H2,1-2H3,(H2,21,28). The number of hydrogen-bond donors (Lipinski definition) is 1. The number of nitrogens with zero attached hydrogens (tertiary/aromatic N) is 5. The molecule has 0 radical (unpaired) electrons. The predicted octanol–water partition coefficient (Wildman–Crippen LogP) is 0.881. The van der Waals surface area contributed by atoms with Crippen molar-refractivity contribution in [1.29, 1.82) is 0 Å². The molecule has 2 heterocycles. The van der Waals surface area contributed by atoms with Crippen LogP contribution in [0.3, 0.4) is 0 Å². The number of ether oxygens (including phenoxy) is 1. The third kappa shape index (κ3) is 6.99. The van der Waals surface area contributed by atoms with Gasteiger partial charge in [0.25, 0.3) is 5.91 Å². The third-order valence-electron chi connectivity index (χ3n) is 4.38. The number of hydroxylamine groups is 2. The van der Waals surface area contributed by atoms with Crippen LogP contribution < -0.4 is 10.6 Å². The highest BCUT2D eigenvalue weighted by Gasteiger charge is 2.32. The number of anilines is 1. The van der Waals surface area contributed by atoms with Crippen molar-refractivity contribution in [2.45, 2.75) is 26.1 Å². The molecule has 0 aromatic carbocycles. The van der Waals surface area contributed by atoms with E-state index in [-0.39, 0.29) is 25.0 Å². The van der Waals surface area contributed by atoms with Gasteiger partial charge in [0.2, 0.25) is 5.95 Å². The molecule has 0 bridgehead atoms. The minimum Gasteiger partial charge on any atom is -0.445 e. The average molecular weight is 434 g/mol. The normalized spacial score (nSPS) is 15.9. The maximum atomic E-state index is 12.6. The van der Waals surface area contributed by atoms with E-state index in [2.05, 4.69) is 9.97 Å². The summed E-state index contributed by atoms with van der Waals surface area (Å²) >= 11 is 0. The highest BCUT2D eigenvalue weighted by molar-refractivity contribution is 5.77. The Kier molecular flexibility index (Phi) is 8.17. The van der Waals surface area contributed by atoms with Crippen LogP contribution in [0, 0.1) is 0 Å². The number of primary amides is 1. The molecule has 2 N–H and O–H groups in total. The molecule has 1 unspecified atom stereocenters. The van der Waals surface area contributed by atoms with Gasteiger partial charge in [-0.15, -0.1) is 0 Å². The molecule has 1 aromatic heterocycles. The molecule has 168 valence electrons. The van der Waals surface area contributed by atoms with Gasteiger partial charge in [-0.2, -0.15) is 18.2 Å². The van der Waals surface area contributed by atoms with Crippen molar-refractivity contribution in [1.82, 2.24) is 19.9 Å². The minimum atomic E-state index is -4.49. The van der Waals surface area contributed by atoms with E-state index in [1.165, 1.54) is 5.06 Å². The zero-order chi connectivity index (χ0) is 22.3. The fourth-order valence-corrected chi connectivity index (χ4v) is 2.82. The Morgan fingerprint density at radius 1 is 1.23 bits per heavy atom. The highest BCUT2D eigenvalue weighted by atomic mass is 19.4. The first kappa shape index (κ1) is 23.6. The van der Waals surface area contributed by atoms with Crippen LogP contribution in [0.4, 0.5) is 23.9 Å².